The van der Waals surface area contributed by atoms with Gasteiger partial charge in [-0.15, -0.1) is 0 Å². The predicted octanol–water partition coefficient (Wildman–Crippen LogP) is -0.180. The van der Waals surface area contributed by atoms with Gasteiger partial charge in [0.2, 0.25) is 17.1 Å². The topological polar surface area (TPSA) is 102 Å². The molecular weight excluding hydrogens is 296 g/mol. The third-order valence-electron chi connectivity index (χ3n) is 3.27. The summed E-state index contributed by atoms with van der Waals surface area (Å²) < 4.78 is 1.39. The number of halogens is 1. The van der Waals surface area contributed by atoms with Crippen LogP contribution in [-0.2, 0) is 4.79 Å². The molecule has 1 aliphatic rings. The summed E-state index contributed by atoms with van der Waals surface area (Å²) in [7, 11) is 1.61. The summed E-state index contributed by atoms with van der Waals surface area (Å²) in [5.41, 5.74) is 0. The Labute approximate surface area is 125 Å². The molecule has 0 spiro atoms. The SMILES string of the molecule is CNC(=O)C1CCCN1c1nc(Cl)nc(-n2cncn2)n1. The number of hydrogen-bond acceptors (Lipinski definition) is 7. The van der Waals surface area contributed by atoms with Gasteiger partial charge in [0.15, 0.2) is 0 Å². The van der Waals surface area contributed by atoms with E-state index in [-0.39, 0.29) is 23.2 Å². The van der Waals surface area contributed by atoms with E-state index in [4.69, 9.17) is 11.6 Å². The van der Waals surface area contributed by atoms with E-state index in [9.17, 15) is 4.79 Å². The molecule has 2 aromatic rings. The second-order valence-corrected chi connectivity index (χ2v) is 4.85. The van der Waals surface area contributed by atoms with Crippen LogP contribution >= 0.6 is 11.6 Å². The maximum atomic E-state index is 11.9. The van der Waals surface area contributed by atoms with Gasteiger partial charge in [0.1, 0.15) is 18.7 Å². The first-order chi connectivity index (χ1) is 10.2. The van der Waals surface area contributed by atoms with Crippen molar-refractivity contribution in [2.45, 2.75) is 18.9 Å². The van der Waals surface area contributed by atoms with Crippen molar-refractivity contribution in [3.63, 3.8) is 0 Å². The van der Waals surface area contributed by atoms with Crippen LogP contribution in [0.2, 0.25) is 5.28 Å². The van der Waals surface area contributed by atoms with Crippen molar-refractivity contribution in [3.05, 3.63) is 17.9 Å². The van der Waals surface area contributed by atoms with E-state index in [1.165, 1.54) is 17.3 Å². The lowest BCUT2D eigenvalue weighted by Gasteiger charge is -2.23. The second-order valence-electron chi connectivity index (χ2n) is 4.51. The summed E-state index contributed by atoms with van der Waals surface area (Å²) in [5, 5.41) is 6.66. The van der Waals surface area contributed by atoms with Crippen molar-refractivity contribution >= 4 is 23.5 Å². The first kappa shape index (κ1) is 13.7. The zero-order valence-electron chi connectivity index (χ0n) is 11.3. The monoisotopic (exact) mass is 308 g/mol. The van der Waals surface area contributed by atoms with Crippen LogP contribution in [0.3, 0.4) is 0 Å². The lowest BCUT2D eigenvalue weighted by Crippen LogP contribution is -2.42. The van der Waals surface area contributed by atoms with Gasteiger partial charge in [-0.1, -0.05) is 0 Å². The van der Waals surface area contributed by atoms with Crippen LogP contribution in [0, 0.1) is 0 Å². The van der Waals surface area contributed by atoms with Gasteiger partial charge in [0.25, 0.3) is 5.95 Å². The lowest BCUT2D eigenvalue weighted by molar-refractivity contribution is -0.121. The van der Waals surface area contributed by atoms with E-state index < -0.39 is 0 Å². The van der Waals surface area contributed by atoms with Crippen molar-refractivity contribution < 1.29 is 4.79 Å². The fraction of sp³-hybridized carbons (Fsp3) is 0.455. The van der Waals surface area contributed by atoms with E-state index in [0.717, 1.165) is 12.8 Å². The molecule has 1 atom stereocenters. The molecule has 0 bridgehead atoms. The summed E-state index contributed by atoms with van der Waals surface area (Å²) >= 11 is 5.96. The largest absolute Gasteiger partial charge is 0.357 e. The fourth-order valence-corrected chi connectivity index (χ4v) is 2.47. The Morgan fingerprint density at radius 1 is 1.38 bits per heavy atom. The Morgan fingerprint density at radius 2 is 2.19 bits per heavy atom. The minimum absolute atomic E-state index is 0.0491. The van der Waals surface area contributed by atoms with Crippen molar-refractivity contribution in [2.75, 3.05) is 18.5 Å². The third-order valence-corrected chi connectivity index (χ3v) is 3.44. The van der Waals surface area contributed by atoms with Crippen LogP contribution in [-0.4, -0.2) is 55.3 Å². The minimum Gasteiger partial charge on any atom is -0.357 e. The molecule has 21 heavy (non-hydrogen) atoms. The maximum absolute atomic E-state index is 11.9. The number of anilines is 1. The van der Waals surface area contributed by atoms with E-state index in [0.29, 0.717) is 12.5 Å². The third kappa shape index (κ3) is 2.64. The van der Waals surface area contributed by atoms with E-state index in [1.54, 1.807) is 7.05 Å². The Kier molecular flexibility index (Phi) is 3.65. The molecule has 0 saturated carbocycles. The number of rotatable bonds is 3. The summed E-state index contributed by atoms with van der Waals surface area (Å²) in [4.78, 5) is 30.0. The molecule has 110 valence electrons. The normalized spacial score (nSPS) is 18.0. The van der Waals surface area contributed by atoms with E-state index >= 15 is 0 Å². The summed E-state index contributed by atoms with van der Waals surface area (Å²) in [5.74, 6) is 0.572. The average molecular weight is 309 g/mol. The summed E-state index contributed by atoms with van der Waals surface area (Å²) in [6.45, 7) is 0.690. The van der Waals surface area contributed by atoms with Gasteiger partial charge in [-0.2, -0.15) is 24.7 Å². The quantitative estimate of drug-likeness (QED) is 0.839. The minimum atomic E-state index is -0.294. The average Bonchev–Trinajstić information content (AvgIpc) is 3.16. The molecule has 1 unspecified atom stereocenters. The molecule has 3 rings (SSSR count). The standard InChI is InChI=1S/C11H13ClN8O/c1-13-8(21)7-3-2-4-19(7)10-16-9(12)17-11(18-10)20-6-14-5-15-20/h5-7H,2-4H2,1H3,(H,13,21). The number of hydrogen-bond donors (Lipinski definition) is 1. The van der Waals surface area contributed by atoms with Gasteiger partial charge in [-0.05, 0) is 24.4 Å². The van der Waals surface area contributed by atoms with Crippen LogP contribution in [0.5, 0.6) is 0 Å². The molecule has 10 heteroatoms. The molecular formula is C11H13ClN8O. The number of nitrogens with zero attached hydrogens (tertiary/aromatic N) is 7. The van der Waals surface area contributed by atoms with Gasteiger partial charge < -0.3 is 10.2 Å². The highest BCUT2D eigenvalue weighted by molar-refractivity contribution is 6.28. The van der Waals surface area contributed by atoms with Gasteiger partial charge >= 0.3 is 0 Å². The number of carbonyl (C=O) groups is 1. The van der Waals surface area contributed by atoms with Crippen molar-refractivity contribution in [1.82, 2.24) is 35.0 Å². The molecule has 0 aliphatic carbocycles. The number of nitrogens with one attached hydrogen (secondary N) is 1. The van der Waals surface area contributed by atoms with Crippen molar-refractivity contribution in [1.29, 1.82) is 0 Å². The number of amides is 1. The van der Waals surface area contributed by atoms with Crippen molar-refractivity contribution in [3.8, 4) is 5.95 Å². The van der Waals surface area contributed by atoms with Gasteiger partial charge in [-0.25, -0.2) is 4.98 Å². The van der Waals surface area contributed by atoms with Crippen molar-refractivity contribution in [2.24, 2.45) is 0 Å². The molecule has 3 heterocycles. The molecule has 1 fully saturated rings. The highest BCUT2D eigenvalue weighted by Crippen LogP contribution is 2.23. The number of carbonyl (C=O) groups excluding carboxylic acids is 1. The van der Waals surface area contributed by atoms with E-state index in [1.807, 2.05) is 4.90 Å². The van der Waals surface area contributed by atoms with E-state index in [2.05, 4.69) is 30.4 Å². The maximum Gasteiger partial charge on any atom is 0.258 e. The molecule has 1 aliphatic heterocycles. The Morgan fingerprint density at radius 3 is 2.90 bits per heavy atom. The van der Waals surface area contributed by atoms with Crippen LogP contribution in [0.4, 0.5) is 5.95 Å². The first-order valence-corrected chi connectivity index (χ1v) is 6.81. The van der Waals surface area contributed by atoms with Crippen LogP contribution < -0.4 is 10.2 Å². The Balaban J connectivity index is 1.97. The Bertz CT molecular complexity index is 646. The predicted molar refractivity (Wildman–Crippen MR) is 74.2 cm³/mol. The van der Waals surface area contributed by atoms with Gasteiger partial charge in [-0.3, -0.25) is 4.79 Å². The van der Waals surface area contributed by atoms with Crippen LogP contribution in [0.15, 0.2) is 12.7 Å². The molecule has 1 saturated heterocycles. The highest BCUT2D eigenvalue weighted by atomic mass is 35.5. The lowest BCUT2D eigenvalue weighted by atomic mass is 10.2. The number of likely N-dealkylation sites (N-methyl/N-ethyl adjacent to an activating group) is 1. The Hall–Kier alpha value is -2.29. The van der Waals surface area contributed by atoms with Crippen LogP contribution in [0.1, 0.15) is 12.8 Å². The molecule has 0 aromatic carbocycles. The van der Waals surface area contributed by atoms with Crippen LogP contribution in [0.25, 0.3) is 5.95 Å². The molecule has 2 aromatic heterocycles. The van der Waals surface area contributed by atoms with Gasteiger partial charge in [0, 0.05) is 13.6 Å². The number of aromatic nitrogens is 6. The fourth-order valence-electron chi connectivity index (χ4n) is 2.32. The smallest absolute Gasteiger partial charge is 0.258 e. The highest BCUT2D eigenvalue weighted by Gasteiger charge is 2.32. The summed E-state index contributed by atoms with van der Waals surface area (Å²) in [6.07, 6.45) is 4.48. The molecule has 9 nitrogen and oxygen atoms in total. The molecule has 1 N–H and O–H groups in total. The molecule has 0 radical (unpaired) electrons. The first-order valence-electron chi connectivity index (χ1n) is 6.44. The zero-order valence-corrected chi connectivity index (χ0v) is 12.0. The second kappa shape index (κ2) is 5.60. The zero-order chi connectivity index (χ0) is 14.8. The van der Waals surface area contributed by atoms with Gasteiger partial charge in [0.05, 0.1) is 0 Å². The molecule has 1 amide bonds. The summed E-state index contributed by atoms with van der Waals surface area (Å²) in [6, 6.07) is -0.294.